The lowest BCUT2D eigenvalue weighted by molar-refractivity contribution is -0.124. The van der Waals surface area contributed by atoms with E-state index in [0.717, 1.165) is 15.6 Å². The fourth-order valence-electron chi connectivity index (χ4n) is 2.33. The van der Waals surface area contributed by atoms with Crippen LogP contribution in [0.4, 0.5) is 0 Å². The maximum absolute atomic E-state index is 12.0. The van der Waals surface area contributed by atoms with Gasteiger partial charge in [-0.3, -0.25) is 4.79 Å². The molecular formula is C19H16ClNO3S. The summed E-state index contributed by atoms with van der Waals surface area (Å²) in [5.74, 6) is -0.794. The van der Waals surface area contributed by atoms with Crippen molar-refractivity contribution in [2.45, 2.75) is 6.42 Å². The lowest BCUT2D eigenvalue weighted by atomic mass is 10.1. The highest BCUT2D eigenvalue weighted by Gasteiger charge is 2.13. The van der Waals surface area contributed by atoms with Crippen LogP contribution in [0.2, 0.25) is 5.02 Å². The van der Waals surface area contributed by atoms with Gasteiger partial charge in [-0.15, -0.1) is 11.3 Å². The van der Waals surface area contributed by atoms with Gasteiger partial charge >= 0.3 is 5.97 Å². The van der Waals surface area contributed by atoms with E-state index in [1.165, 1.54) is 11.3 Å². The molecule has 0 saturated heterocycles. The molecule has 1 aromatic heterocycles. The van der Waals surface area contributed by atoms with Gasteiger partial charge in [0, 0.05) is 16.3 Å². The van der Waals surface area contributed by atoms with Gasteiger partial charge in [-0.05, 0) is 41.6 Å². The van der Waals surface area contributed by atoms with Crippen LogP contribution >= 0.6 is 22.9 Å². The topological polar surface area (TPSA) is 55.4 Å². The number of halogens is 1. The summed E-state index contributed by atoms with van der Waals surface area (Å²) >= 11 is 7.18. The lowest BCUT2D eigenvalue weighted by Crippen LogP contribution is -2.30. The summed E-state index contributed by atoms with van der Waals surface area (Å²) in [5, 5.41) is 4.41. The number of benzene rings is 2. The molecule has 4 nitrogen and oxygen atoms in total. The molecule has 0 aliphatic rings. The van der Waals surface area contributed by atoms with Gasteiger partial charge in [-0.25, -0.2) is 4.79 Å². The molecule has 0 fully saturated rings. The number of thiophene rings is 1. The Balaban J connectivity index is 1.43. The van der Waals surface area contributed by atoms with E-state index in [4.69, 9.17) is 16.3 Å². The smallest absolute Gasteiger partial charge is 0.348 e. The molecule has 2 aromatic carbocycles. The predicted octanol–water partition coefficient (Wildman–Crippen LogP) is 4.07. The van der Waals surface area contributed by atoms with Crippen LogP contribution in [0.25, 0.3) is 10.1 Å². The zero-order valence-electron chi connectivity index (χ0n) is 13.3. The Morgan fingerprint density at radius 1 is 1.08 bits per heavy atom. The second-order valence-corrected chi connectivity index (χ2v) is 6.97. The van der Waals surface area contributed by atoms with Gasteiger partial charge in [-0.2, -0.15) is 0 Å². The lowest BCUT2D eigenvalue weighted by Gasteiger charge is -2.06. The van der Waals surface area contributed by atoms with Crippen LogP contribution < -0.4 is 5.32 Å². The number of fused-ring (bicyclic) bond motifs is 1. The van der Waals surface area contributed by atoms with Crippen LogP contribution in [0.15, 0.2) is 54.6 Å². The van der Waals surface area contributed by atoms with E-state index in [0.29, 0.717) is 22.9 Å². The summed E-state index contributed by atoms with van der Waals surface area (Å²) < 4.78 is 6.10. The Kier molecular flexibility index (Phi) is 5.68. The Morgan fingerprint density at radius 2 is 1.84 bits per heavy atom. The average molecular weight is 374 g/mol. The van der Waals surface area contributed by atoms with Gasteiger partial charge in [-0.1, -0.05) is 41.9 Å². The van der Waals surface area contributed by atoms with Crippen LogP contribution in [-0.2, 0) is 16.0 Å². The van der Waals surface area contributed by atoms with Gasteiger partial charge < -0.3 is 10.1 Å². The largest absolute Gasteiger partial charge is 0.451 e. The van der Waals surface area contributed by atoms with Gasteiger partial charge in [0.25, 0.3) is 5.91 Å². The number of nitrogens with one attached hydrogen (secondary N) is 1. The summed E-state index contributed by atoms with van der Waals surface area (Å²) in [5.41, 5.74) is 1.08. The summed E-state index contributed by atoms with van der Waals surface area (Å²) in [6.45, 7) is 0.189. The number of carbonyl (C=O) groups excluding carboxylic acids is 2. The van der Waals surface area contributed by atoms with Crippen LogP contribution in [-0.4, -0.2) is 25.0 Å². The highest BCUT2D eigenvalue weighted by molar-refractivity contribution is 7.20. The Labute approximate surface area is 154 Å². The van der Waals surface area contributed by atoms with Gasteiger partial charge in [0.15, 0.2) is 6.61 Å². The number of esters is 1. The van der Waals surface area contributed by atoms with Crippen molar-refractivity contribution in [2.75, 3.05) is 13.2 Å². The van der Waals surface area contributed by atoms with Crippen molar-refractivity contribution in [2.24, 2.45) is 0 Å². The maximum Gasteiger partial charge on any atom is 0.348 e. The molecule has 3 rings (SSSR count). The van der Waals surface area contributed by atoms with Crippen molar-refractivity contribution in [3.05, 3.63) is 70.1 Å². The van der Waals surface area contributed by atoms with E-state index in [1.807, 2.05) is 48.5 Å². The Bertz CT molecular complexity index is 856. The number of ether oxygens (including phenoxy) is 1. The summed E-state index contributed by atoms with van der Waals surface area (Å²) in [4.78, 5) is 24.3. The molecule has 1 N–H and O–H groups in total. The molecule has 128 valence electrons. The number of carbonyl (C=O) groups is 2. The number of amides is 1. The fourth-order valence-corrected chi connectivity index (χ4v) is 3.42. The highest BCUT2D eigenvalue weighted by atomic mass is 35.5. The Morgan fingerprint density at radius 3 is 2.60 bits per heavy atom. The minimum atomic E-state index is -0.478. The van der Waals surface area contributed by atoms with Gasteiger partial charge in [0.1, 0.15) is 4.88 Å². The quantitative estimate of drug-likeness (QED) is 0.662. The molecule has 0 atom stereocenters. The van der Waals surface area contributed by atoms with E-state index in [-0.39, 0.29) is 12.5 Å². The molecule has 25 heavy (non-hydrogen) atoms. The average Bonchev–Trinajstić information content (AvgIpc) is 3.05. The van der Waals surface area contributed by atoms with E-state index in [2.05, 4.69) is 5.32 Å². The third-order valence-corrected chi connectivity index (χ3v) is 4.96. The van der Waals surface area contributed by atoms with Crippen molar-refractivity contribution >= 4 is 44.9 Å². The zero-order valence-corrected chi connectivity index (χ0v) is 14.9. The first-order chi connectivity index (χ1) is 12.1. The Hall–Kier alpha value is -2.37. The molecule has 1 amide bonds. The maximum atomic E-state index is 12.0. The van der Waals surface area contributed by atoms with Crippen molar-refractivity contribution < 1.29 is 14.3 Å². The minimum absolute atomic E-state index is 0.284. The molecule has 0 spiro atoms. The molecule has 0 aliphatic carbocycles. The predicted molar refractivity (Wildman–Crippen MR) is 100 cm³/mol. The number of hydrogen-bond donors (Lipinski definition) is 1. The summed E-state index contributed by atoms with van der Waals surface area (Å²) in [7, 11) is 0. The fraction of sp³-hybridized carbons (Fsp3) is 0.158. The molecular weight excluding hydrogens is 358 g/mol. The summed E-state index contributed by atoms with van der Waals surface area (Å²) in [6.07, 6.45) is 0.688. The number of rotatable bonds is 6. The zero-order chi connectivity index (χ0) is 17.6. The summed E-state index contributed by atoms with van der Waals surface area (Å²) in [6, 6.07) is 16.9. The van der Waals surface area contributed by atoms with Crippen LogP contribution in [0.5, 0.6) is 0 Å². The van der Waals surface area contributed by atoms with E-state index < -0.39 is 5.97 Å². The normalized spacial score (nSPS) is 10.6. The van der Waals surface area contributed by atoms with Crippen molar-refractivity contribution in [3.8, 4) is 0 Å². The van der Waals surface area contributed by atoms with Crippen LogP contribution in [0.3, 0.4) is 0 Å². The molecule has 0 aliphatic heterocycles. The van der Waals surface area contributed by atoms with Crippen molar-refractivity contribution in [3.63, 3.8) is 0 Å². The first-order valence-corrected chi connectivity index (χ1v) is 8.98. The monoisotopic (exact) mass is 373 g/mol. The molecule has 3 aromatic rings. The van der Waals surface area contributed by atoms with Gasteiger partial charge in [0.05, 0.1) is 0 Å². The SMILES string of the molecule is O=C(COC(=O)c1cc2ccccc2s1)NCCc1ccc(Cl)cc1. The second-order valence-electron chi connectivity index (χ2n) is 5.45. The third kappa shape index (κ3) is 4.81. The minimum Gasteiger partial charge on any atom is -0.451 e. The number of hydrogen-bond acceptors (Lipinski definition) is 4. The van der Waals surface area contributed by atoms with E-state index >= 15 is 0 Å². The molecule has 6 heteroatoms. The first kappa shape index (κ1) is 17.5. The molecule has 0 unspecified atom stereocenters. The van der Waals surface area contributed by atoms with Crippen LogP contribution in [0.1, 0.15) is 15.2 Å². The van der Waals surface area contributed by atoms with Crippen molar-refractivity contribution in [1.82, 2.24) is 5.32 Å². The molecule has 1 heterocycles. The molecule has 0 radical (unpaired) electrons. The highest BCUT2D eigenvalue weighted by Crippen LogP contribution is 2.25. The first-order valence-electron chi connectivity index (χ1n) is 7.79. The second kappa shape index (κ2) is 8.14. The third-order valence-electron chi connectivity index (χ3n) is 3.61. The van der Waals surface area contributed by atoms with E-state index in [9.17, 15) is 9.59 Å². The van der Waals surface area contributed by atoms with Crippen molar-refractivity contribution in [1.29, 1.82) is 0 Å². The van der Waals surface area contributed by atoms with E-state index in [1.54, 1.807) is 6.07 Å². The molecule has 0 bridgehead atoms. The van der Waals surface area contributed by atoms with Gasteiger partial charge in [0.2, 0.25) is 0 Å². The standard InChI is InChI=1S/C19H16ClNO3S/c20-15-7-5-13(6-8-15)9-10-21-18(22)12-24-19(23)17-11-14-3-1-2-4-16(14)25-17/h1-8,11H,9-10,12H2,(H,21,22). The molecule has 0 saturated carbocycles. The van der Waals surface area contributed by atoms with Crippen LogP contribution in [0, 0.1) is 0 Å².